The van der Waals surface area contributed by atoms with Gasteiger partial charge in [0.1, 0.15) is 0 Å². The number of ether oxygens (including phenoxy) is 2. The molecule has 15 heavy (non-hydrogen) atoms. The van der Waals surface area contributed by atoms with Gasteiger partial charge in [0.15, 0.2) is 0 Å². The van der Waals surface area contributed by atoms with Crippen LogP contribution >= 0.6 is 12.4 Å². The fourth-order valence-electron chi connectivity index (χ4n) is 1.72. The van der Waals surface area contributed by atoms with Crippen molar-refractivity contribution < 1.29 is 14.3 Å². The van der Waals surface area contributed by atoms with E-state index < -0.39 is 0 Å². The van der Waals surface area contributed by atoms with Crippen LogP contribution in [-0.4, -0.2) is 31.8 Å². The van der Waals surface area contributed by atoms with E-state index in [0.29, 0.717) is 18.9 Å². The van der Waals surface area contributed by atoms with Gasteiger partial charge in [-0.25, -0.2) is 0 Å². The zero-order valence-electron chi connectivity index (χ0n) is 9.11. The van der Waals surface area contributed by atoms with Crippen molar-refractivity contribution in [2.24, 2.45) is 11.7 Å². The van der Waals surface area contributed by atoms with Gasteiger partial charge < -0.3 is 15.2 Å². The van der Waals surface area contributed by atoms with Gasteiger partial charge in [0.25, 0.3) is 0 Å². The number of carbonyl (C=O) groups is 1. The zero-order valence-corrected chi connectivity index (χ0v) is 9.92. The molecule has 0 amide bonds. The third-order valence-electron chi connectivity index (χ3n) is 2.58. The van der Waals surface area contributed by atoms with E-state index in [4.69, 9.17) is 15.2 Å². The molecule has 0 aliphatic carbocycles. The number of hydrogen-bond acceptors (Lipinski definition) is 4. The highest BCUT2D eigenvalue weighted by Crippen LogP contribution is 2.19. The van der Waals surface area contributed by atoms with Crippen LogP contribution in [0, 0.1) is 5.92 Å². The van der Waals surface area contributed by atoms with Crippen molar-refractivity contribution in [2.75, 3.05) is 19.8 Å². The summed E-state index contributed by atoms with van der Waals surface area (Å²) in [6.07, 6.45) is 2.25. The van der Waals surface area contributed by atoms with Crippen LogP contribution in [0.5, 0.6) is 0 Å². The van der Waals surface area contributed by atoms with Crippen LogP contribution in [0.25, 0.3) is 0 Å². The highest BCUT2D eigenvalue weighted by molar-refractivity contribution is 5.85. The number of nitrogens with two attached hydrogens (primary N) is 1. The van der Waals surface area contributed by atoms with E-state index >= 15 is 0 Å². The fraction of sp³-hybridized carbons (Fsp3) is 0.900. The summed E-state index contributed by atoms with van der Waals surface area (Å²) in [7, 11) is 0. The lowest BCUT2D eigenvalue weighted by Crippen LogP contribution is -2.36. The van der Waals surface area contributed by atoms with Crippen LogP contribution < -0.4 is 5.73 Å². The lowest BCUT2D eigenvalue weighted by Gasteiger charge is -2.26. The minimum absolute atomic E-state index is 0. The van der Waals surface area contributed by atoms with Crippen molar-refractivity contribution in [1.29, 1.82) is 0 Å². The second-order valence-corrected chi connectivity index (χ2v) is 3.62. The smallest absolute Gasteiger partial charge is 0.307 e. The number of rotatable bonds is 4. The molecule has 1 aliphatic heterocycles. The van der Waals surface area contributed by atoms with Crippen molar-refractivity contribution in [2.45, 2.75) is 32.2 Å². The minimum atomic E-state index is -0.188. The Kier molecular flexibility index (Phi) is 7.74. The SMILES string of the molecule is CCOC(=O)CC(N)C1CCOCC1.Cl. The van der Waals surface area contributed by atoms with Crippen LogP contribution in [0.15, 0.2) is 0 Å². The van der Waals surface area contributed by atoms with Gasteiger partial charge in [-0.2, -0.15) is 0 Å². The molecule has 0 aromatic carbocycles. The molecule has 1 fully saturated rings. The molecule has 4 nitrogen and oxygen atoms in total. The van der Waals surface area contributed by atoms with Gasteiger partial charge >= 0.3 is 5.97 Å². The van der Waals surface area contributed by atoms with Gasteiger partial charge in [-0.15, -0.1) is 12.4 Å². The molecule has 0 bridgehead atoms. The summed E-state index contributed by atoms with van der Waals surface area (Å²) >= 11 is 0. The van der Waals surface area contributed by atoms with Gasteiger partial charge in [0, 0.05) is 19.3 Å². The van der Waals surface area contributed by atoms with Gasteiger partial charge in [0.2, 0.25) is 0 Å². The van der Waals surface area contributed by atoms with Crippen LogP contribution in [0.2, 0.25) is 0 Å². The first kappa shape index (κ1) is 14.7. The Morgan fingerprint density at radius 2 is 2.13 bits per heavy atom. The Bertz CT molecular complexity index is 184. The summed E-state index contributed by atoms with van der Waals surface area (Å²) in [5.41, 5.74) is 5.92. The zero-order chi connectivity index (χ0) is 10.4. The molecule has 90 valence electrons. The Hall–Kier alpha value is -0.320. The predicted molar refractivity (Wildman–Crippen MR) is 60.0 cm³/mol. The van der Waals surface area contributed by atoms with Crippen molar-refractivity contribution >= 4 is 18.4 Å². The molecule has 0 aromatic rings. The molecule has 1 unspecified atom stereocenters. The van der Waals surface area contributed by atoms with E-state index in [0.717, 1.165) is 26.1 Å². The molecule has 0 radical (unpaired) electrons. The Morgan fingerprint density at radius 3 is 2.67 bits per heavy atom. The average molecular weight is 238 g/mol. The molecule has 1 atom stereocenters. The van der Waals surface area contributed by atoms with E-state index in [1.165, 1.54) is 0 Å². The molecule has 1 aliphatic rings. The molecule has 2 N–H and O–H groups in total. The maximum Gasteiger partial charge on any atom is 0.307 e. The number of esters is 1. The van der Waals surface area contributed by atoms with Gasteiger partial charge in [-0.05, 0) is 25.7 Å². The van der Waals surface area contributed by atoms with Crippen molar-refractivity contribution in [3.63, 3.8) is 0 Å². The van der Waals surface area contributed by atoms with E-state index in [1.807, 2.05) is 0 Å². The summed E-state index contributed by atoms with van der Waals surface area (Å²) in [5.74, 6) is 0.222. The van der Waals surface area contributed by atoms with Crippen molar-refractivity contribution in [1.82, 2.24) is 0 Å². The van der Waals surface area contributed by atoms with E-state index in [9.17, 15) is 4.79 Å². The summed E-state index contributed by atoms with van der Waals surface area (Å²) in [6.45, 7) is 3.76. The Morgan fingerprint density at radius 1 is 1.53 bits per heavy atom. The summed E-state index contributed by atoms with van der Waals surface area (Å²) in [5, 5.41) is 0. The van der Waals surface area contributed by atoms with E-state index in [-0.39, 0.29) is 24.4 Å². The van der Waals surface area contributed by atoms with Crippen LogP contribution in [-0.2, 0) is 14.3 Å². The molecule has 1 rings (SSSR count). The maximum atomic E-state index is 11.2. The number of carbonyl (C=O) groups excluding carboxylic acids is 1. The van der Waals surface area contributed by atoms with Crippen LogP contribution in [0.3, 0.4) is 0 Å². The lowest BCUT2D eigenvalue weighted by atomic mass is 9.90. The van der Waals surface area contributed by atoms with Gasteiger partial charge in [0.05, 0.1) is 13.0 Å². The molecular formula is C10H20ClNO3. The molecule has 1 saturated heterocycles. The second-order valence-electron chi connectivity index (χ2n) is 3.62. The Labute approximate surface area is 96.9 Å². The standard InChI is InChI=1S/C10H19NO3.ClH/c1-2-14-10(12)7-9(11)8-3-5-13-6-4-8;/h8-9H,2-7,11H2,1H3;1H. The minimum Gasteiger partial charge on any atom is -0.466 e. The fourth-order valence-corrected chi connectivity index (χ4v) is 1.72. The normalized spacial score (nSPS) is 19.1. The summed E-state index contributed by atoms with van der Waals surface area (Å²) in [6, 6.07) is -0.0713. The highest BCUT2D eigenvalue weighted by Gasteiger charge is 2.23. The predicted octanol–water partition coefficient (Wildman–Crippen LogP) is 1.12. The Balaban J connectivity index is 0.00000196. The maximum absolute atomic E-state index is 11.2. The first-order valence-corrected chi connectivity index (χ1v) is 5.23. The second kappa shape index (κ2) is 7.91. The van der Waals surface area contributed by atoms with E-state index in [2.05, 4.69) is 0 Å². The third kappa shape index (κ3) is 5.35. The average Bonchev–Trinajstić information content (AvgIpc) is 2.19. The van der Waals surface area contributed by atoms with Crippen molar-refractivity contribution in [3.05, 3.63) is 0 Å². The number of hydrogen-bond donors (Lipinski definition) is 1. The van der Waals surface area contributed by atoms with E-state index in [1.54, 1.807) is 6.92 Å². The molecule has 0 saturated carbocycles. The van der Waals surface area contributed by atoms with Crippen LogP contribution in [0.1, 0.15) is 26.2 Å². The number of halogens is 1. The lowest BCUT2D eigenvalue weighted by molar-refractivity contribution is -0.144. The summed E-state index contributed by atoms with van der Waals surface area (Å²) in [4.78, 5) is 11.2. The molecular weight excluding hydrogens is 218 g/mol. The van der Waals surface area contributed by atoms with Crippen molar-refractivity contribution in [3.8, 4) is 0 Å². The van der Waals surface area contributed by atoms with Gasteiger partial charge in [-0.3, -0.25) is 4.79 Å². The quantitative estimate of drug-likeness (QED) is 0.745. The van der Waals surface area contributed by atoms with Crippen LogP contribution in [0.4, 0.5) is 0 Å². The molecule has 1 heterocycles. The van der Waals surface area contributed by atoms with Gasteiger partial charge in [-0.1, -0.05) is 0 Å². The summed E-state index contributed by atoms with van der Waals surface area (Å²) < 4.78 is 10.1. The topological polar surface area (TPSA) is 61.5 Å². The first-order chi connectivity index (χ1) is 6.74. The monoisotopic (exact) mass is 237 g/mol. The molecule has 0 spiro atoms. The first-order valence-electron chi connectivity index (χ1n) is 5.23. The third-order valence-corrected chi connectivity index (χ3v) is 2.58. The molecule has 0 aromatic heterocycles. The molecule has 5 heteroatoms. The highest BCUT2D eigenvalue weighted by atomic mass is 35.5. The largest absolute Gasteiger partial charge is 0.466 e.